The Morgan fingerprint density at radius 3 is 2.81 bits per heavy atom. The minimum Gasteiger partial charge on any atom is -0.494 e. The number of hydrogen-bond donors (Lipinski definition) is 2. The van der Waals surface area contributed by atoms with Gasteiger partial charge in [0.1, 0.15) is 5.75 Å². The van der Waals surface area contributed by atoms with Crippen LogP contribution in [0, 0.1) is 0 Å². The smallest absolute Gasteiger partial charge is 0.335 e. The van der Waals surface area contributed by atoms with Crippen molar-refractivity contribution in [1.29, 1.82) is 0 Å². The van der Waals surface area contributed by atoms with E-state index in [0.717, 1.165) is 17.0 Å². The predicted molar refractivity (Wildman–Crippen MR) is 83.3 cm³/mol. The van der Waals surface area contributed by atoms with Crippen LogP contribution < -0.4 is 10.1 Å². The predicted octanol–water partition coefficient (Wildman–Crippen LogP) is 4.05. The molecule has 0 bridgehead atoms. The minimum absolute atomic E-state index is 0.246. The summed E-state index contributed by atoms with van der Waals surface area (Å²) in [7, 11) is 0. The first kappa shape index (κ1) is 15.2. The Hall–Kier alpha value is -2.20. The Morgan fingerprint density at radius 2 is 2.10 bits per heavy atom. The van der Waals surface area contributed by atoms with E-state index in [0.29, 0.717) is 18.2 Å². The summed E-state index contributed by atoms with van der Waals surface area (Å²) in [6, 6.07) is 12.1. The molecule has 0 fully saturated rings. The number of aromatic carboxylic acids is 1. The van der Waals surface area contributed by atoms with Gasteiger partial charge in [0.15, 0.2) is 0 Å². The highest BCUT2D eigenvalue weighted by Crippen LogP contribution is 2.24. The van der Waals surface area contributed by atoms with Gasteiger partial charge in [-0.25, -0.2) is 4.79 Å². The summed E-state index contributed by atoms with van der Waals surface area (Å²) in [5, 5.41) is 12.8. The number of nitrogens with one attached hydrogen (secondary N) is 1. The number of hydrogen-bond acceptors (Lipinski definition) is 3. The number of carbonyl (C=O) groups is 1. The second-order valence-electron chi connectivity index (χ2n) is 4.42. The molecule has 21 heavy (non-hydrogen) atoms. The highest BCUT2D eigenvalue weighted by molar-refractivity contribution is 6.30. The zero-order valence-corrected chi connectivity index (χ0v) is 12.4. The summed E-state index contributed by atoms with van der Waals surface area (Å²) in [6.45, 7) is 2.99. The SMILES string of the molecule is CCOc1ccc(Cl)cc1CNc1cccc(C(=O)O)c1. The van der Waals surface area contributed by atoms with Crippen molar-refractivity contribution in [3.8, 4) is 5.75 Å². The lowest BCUT2D eigenvalue weighted by atomic mass is 10.1. The number of halogens is 1. The largest absolute Gasteiger partial charge is 0.494 e. The molecule has 0 unspecified atom stereocenters. The van der Waals surface area contributed by atoms with Gasteiger partial charge in [0.25, 0.3) is 0 Å². The van der Waals surface area contributed by atoms with Crippen LogP contribution in [-0.4, -0.2) is 17.7 Å². The molecular weight excluding hydrogens is 290 g/mol. The Balaban J connectivity index is 2.14. The third-order valence-electron chi connectivity index (χ3n) is 2.91. The van der Waals surface area contributed by atoms with Gasteiger partial charge >= 0.3 is 5.97 Å². The number of benzene rings is 2. The van der Waals surface area contributed by atoms with Gasteiger partial charge in [0.2, 0.25) is 0 Å². The Kier molecular flexibility index (Phi) is 5.06. The molecule has 110 valence electrons. The normalized spacial score (nSPS) is 10.2. The van der Waals surface area contributed by atoms with Gasteiger partial charge in [-0.3, -0.25) is 0 Å². The van der Waals surface area contributed by atoms with Gasteiger partial charge in [-0.1, -0.05) is 17.7 Å². The molecule has 0 saturated carbocycles. The van der Waals surface area contributed by atoms with Crippen LogP contribution in [0.2, 0.25) is 5.02 Å². The summed E-state index contributed by atoms with van der Waals surface area (Å²) in [5.41, 5.74) is 1.90. The zero-order valence-electron chi connectivity index (χ0n) is 11.6. The number of rotatable bonds is 6. The Bertz CT molecular complexity index is 643. The van der Waals surface area contributed by atoms with Crippen molar-refractivity contribution < 1.29 is 14.6 Å². The highest BCUT2D eigenvalue weighted by atomic mass is 35.5. The fourth-order valence-electron chi connectivity index (χ4n) is 1.94. The van der Waals surface area contributed by atoms with Crippen LogP contribution in [0.5, 0.6) is 5.75 Å². The molecule has 2 rings (SSSR count). The van der Waals surface area contributed by atoms with Crippen molar-refractivity contribution in [3.63, 3.8) is 0 Å². The molecular formula is C16H16ClNO3. The molecule has 0 aliphatic carbocycles. The van der Waals surface area contributed by atoms with Gasteiger partial charge < -0.3 is 15.2 Å². The molecule has 0 aromatic heterocycles. The van der Waals surface area contributed by atoms with E-state index < -0.39 is 5.97 Å². The molecule has 0 saturated heterocycles. The number of carboxylic acid groups (broad SMARTS) is 1. The topological polar surface area (TPSA) is 58.6 Å². The van der Waals surface area contributed by atoms with Crippen LogP contribution in [-0.2, 0) is 6.54 Å². The second-order valence-corrected chi connectivity index (χ2v) is 4.86. The Morgan fingerprint density at radius 1 is 1.29 bits per heavy atom. The van der Waals surface area contributed by atoms with Gasteiger partial charge in [-0.15, -0.1) is 0 Å². The fraction of sp³-hybridized carbons (Fsp3) is 0.188. The maximum atomic E-state index is 10.9. The lowest BCUT2D eigenvalue weighted by Crippen LogP contribution is -2.04. The third kappa shape index (κ3) is 4.13. The van der Waals surface area contributed by atoms with E-state index >= 15 is 0 Å². The van der Waals surface area contributed by atoms with E-state index in [1.807, 2.05) is 25.1 Å². The van der Waals surface area contributed by atoms with E-state index in [-0.39, 0.29) is 5.56 Å². The number of anilines is 1. The average Bonchev–Trinajstić information content (AvgIpc) is 2.48. The Labute approximate surface area is 128 Å². The maximum absolute atomic E-state index is 10.9. The first-order valence-electron chi connectivity index (χ1n) is 6.58. The lowest BCUT2D eigenvalue weighted by Gasteiger charge is -2.12. The summed E-state index contributed by atoms with van der Waals surface area (Å²) >= 11 is 6.00. The quantitative estimate of drug-likeness (QED) is 0.845. The van der Waals surface area contributed by atoms with Crippen LogP contribution in [0.1, 0.15) is 22.8 Å². The van der Waals surface area contributed by atoms with E-state index in [2.05, 4.69) is 5.32 Å². The number of ether oxygens (including phenoxy) is 1. The minimum atomic E-state index is -0.948. The van der Waals surface area contributed by atoms with Crippen molar-refractivity contribution in [2.24, 2.45) is 0 Å². The lowest BCUT2D eigenvalue weighted by molar-refractivity contribution is 0.0697. The summed E-state index contributed by atoms with van der Waals surface area (Å²) in [4.78, 5) is 10.9. The van der Waals surface area contributed by atoms with E-state index in [1.54, 1.807) is 24.3 Å². The molecule has 0 aliphatic rings. The van der Waals surface area contributed by atoms with Crippen molar-refractivity contribution in [1.82, 2.24) is 0 Å². The molecule has 0 amide bonds. The first-order valence-corrected chi connectivity index (χ1v) is 6.96. The van der Waals surface area contributed by atoms with Crippen LogP contribution in [0.4, 0.5) is 5.69 Å². The monoisotopic (exact) mass is 305 g/mol. The van der Waals surface area contributed by atoms with E-state index in [1.165, 1.54) is 0 Å². The van der Waals surface area contributed by atoms with E-state index in [4.69, 9.17) is 21.4 Å². The maximum Gasteiger partial charge on any atom is 0.335 e. The second kappa shape index (κ2) is 6.99. The van der Waals surface area contributed by atoms with Crippen LogP contribution in [0.25, 0.3) is 0 Å². The van der Waals surface area contributed by atoms with Gasteiger partial charge in [-0.05, 0) is 43.3 Å². The highest BCUT2D eigenvalue weighted by Gasteiger charge is 2.06. The molecule has 2 N–H and O–H groups in total. The number of carboxylic acids is 1. The van der Waals surface area contributed by atoms with Crippen molar-refractivity contribution in [2.45, 2.75) is 13.5 Å². The molecule has 0 atom stereocenters. The van der Waals surface area contributed by atoms with Gasteiger partial charge in [0, 0.05) is 22.8 Å². The molecule has 2 aromatic carbocycles. The molecule has 0 spiro atoms. The first-order chi connectivity index (χ1) is 10.1. The van der Waals surface area contributed by atoms with Crippen molar-refractivity contribution in [2.75, 3.05) is 11.9 Å². The van der Waals surface area contributed by atoms with Crippen LogP contribution in [0.3, 0.4) is 0 Å². The van der Waals surface area contributed by atoms with Crippen molar-refractivity contribution in [3.05, 3.63) is 58.6 Å². The standard InChI is InChI=1S/C16H16ClNO3/c1-2-21-15-7-6-13(17)8-12(15)10-18-14-5-3-4-11(9-14)16(19)20/h3-9,18H,2,10H2,1H3,(H,19,20). The fourth-order valence-corrected chi connectivity index (χ4v) is 2.14. The average molecular weight is 306 g/mol. The zero-order chi connectivity index (χ0) is 15.2. The molecule has 0 heterocycles. The molecule has 2 aromatic rings. The van der Waals surface area contributed by atoms with Crippen LogP contribution in [0.15, 0.2) is 42.5 Å². The van der Waals surface area contributed by atoms with Gasteiger partial charge in [-0.2, -0.15) is 0 Å². The third-order valence-corrected chi connectivity index (χ3v) is 3.15. The van der Waals surface area contributed by atoms with E-state index in [9.17, 15) is 4.79 Å². The van der Waals surface area contributed by atoms with Crippen LogP contribution >= 0.6 is 11.6 Å². The van der Waals surface area contributed by atoms with Crippen molar-refractivity contribution >= 4 is 23.3 Å². The van der Waals surface area contributed by atoms with Gasteiger partial charge in [0.05, 0.1) is 12.2 Å². The summed E-state index contributed by atoms with van der Waals surface area (Å²) in [5.74, 6) is -0.180. The molecule has 5 heteroatoms. The molecule has 0 radical (unpaired) electrons. The summed E-state index contributed by atoms with van der Waals surface area (Å²) in [6.07, 6.45) is 0. The molecule has 0 aliphatic heterocycles. The summed E-state index contributed by atoms with van der Waals surface area (Å²) < 4.78 is 5.55. The molecule has 4 nitrogen and oxygen atoms in total.